The predicted octanol–water partition coefficient (Wildman–Crippen LogP) is 3.78. The number of thioether (sulfide) groups is 2. The molecule has 2 N–H and O–H groups in total. The number of carboxylic acids is 1. The number of carboxylic acid groups (broad SMARTS) is 1. The highest BCUT2D eigenvalue weighted by Crippen LogP contribution is 2.42. The molecule has 2 saturated heterocycles. The molecular weight excluding hydrogens is 557 g/mol. The van der Waals surface area contributed by atoms with Gasteiger partial charge in [-0.3, -0.25) is 19.3 Å². The van der Waals surface area contributed by atoms with E-state index >= 15 is 0 Å². The second-order valence-corrected chi connectivity index (χ2v) is 12.9. The molecule has 0 bridgehead atoms. The fraction of sp³-hybridized carbons (Fsp3) is 0.440. The van der Waals surface area contributed by atoms with Crippen LogP contribution < -0.4 is 5.32 Å². The average Bonchev–Trinajstić information content (AvgIpc) is 3.62. The Morgan fingerprint density at radius 2 is 2.05 bits per heavy atom. The summed E-state index contributed by atoms with van der Waals surface area (Å²) in [4.78, 5) is 54.5. The van der Waals surface area contributed by atoms with E-state index in [1.165, 1.54) is 28.4 Å². The van der Waals surface area contributed by atoms with Crippen LogP contribution in [-0.4, -0.2) is 74.1 Å². The first-order valence-corrected chi connectivity index (χ1v) is 14.7. The molecule has 3 unspecified atom stereocenters. The lowest BCUT2D eigenvalue weighted by Gasteiger charge is -2.49. The van der Waals surface area contributed by atoms with Crippen molar-refractivity contribution in [2.45, 2.75) is 47.7 Å². The Labute approximate surface area is 232 Å². The summed E-state index contributed by atoms with van der Waals surface area (Å²) in [6.45, 7) is 3.09. The normalized spacial score (nSPS) is 25.3. The van der Waals surface area contributed by atoms with Crippen molar-refractivity contribution >= 4 is 70.4 Å². The van der Waals surface area contributed by atoms with E-state index in [1.54, 1.807) is 31.2 Å². The van der Waals surface area contributed by atoms with Gasteiger partial charge in [-0.15, -0.1) is 23.5 Å². The van der Waals surface area contributed by atoms with Gasteiger partial charge in [-0.25, -0.2) is 4.79 Å². The molecule has 12 heteroatoms. The van der Waals surface area contributed by atoms with Crippen LogP contribution in [0.1, 0.15) is 26.2 Å². The Morgan fingerprint density at radius 3 is 2.76 bits per heavy atom. The molecule has 1 aliphatic carbocycles. The maximum absolute atomic E-state index is 13.0. The van der Waals surface area contributed by atoms with Gasteiger partial charge < -0.3 is 15.3 Å². The second-order valence-electron chi connectivity index (χ2n) is 9.52. The topological polar surface area (TPSA) is 107 Å². The third kappa shape index (κ3) is 5.39. The molecule has 3 atom stereocenters. The predicted molar refractivity (Wildman–Crippen MR) is 143 cm³/mol. The number of likely N-dealkylation sites (tertiary alicyclic amines) is 1. The van der Waals surface area contributed by atoms with Gasteiger partial charge in [0.25, 0.3) is 5.91 Å². The molecule has 5 rings (SSSR count). The Bertz CT molecular complexity index is 1250. The largest absolute Gasteiger partial charge is 0.477 e. The number of amides is 3. The Balaban J connectivity index is 1.27. The summed E-state index contributed by atoms with van der Waals surface area (Å²) in [5.41, 5.74) is 0.910. The molecule has 37 heavy (non-hydrogen) atoms. The average molecular weight is 583 g/mol. The number of carbonyl (C=O) groups is 4. The van der Waals surface area contributed by atoms with Crippen LogP contribution in [0.15, 0.2) is 46.0 Å². The van der Waals surface area contributed by atoms with E-state index in [0.717, 1.165) is 19.4 Å². The molecule has 1 saturated carbocycles. The van der Waals surface area contributed by atoms with Crippen LogP contribution in [-0.2, 0) is 19.2 Å². The number of nitrogens with zero attached hydrogens (tertiary/aromatic N) is 2. The summed E-state index contributed by atoms with van der Waals surface area (Å²) in [6, 6.07) is 4.15. The molecule has 4 aliphatic rings. The number of β-lactam (4-membered cyclic amide) rings is 1. The minimum atomic E-state index is -1.23. The van der Waals surface area contributed by atoms with Crippen molar-refractivity contribution in [3.05, 3.63) is 51.2 Å². The second kappa shape index (κ2) is 10.6. The van der Waals surface area contributed by atoms with Gasteiger partial charge in [0.15, 0.2) is 0 Å². The minimum Gasteiger partial charge on any atom is -0.477 e. The Kier molecular flexibility index (Phi) is 7.55. The number of hydrogen-bond acceptors (Lipinski definition) is 6. The molecule has 0 aromatic heterocycles. The lowest BCUT2D eigenvalue weighted by Crippen LogP contribution is -2.71. The van der Waals surface area contributed by atoms with Crippen molar-refractivity contribution in [2.24, 2.45) is 5.92 Å². The zero-order valence-electron chi connectivity index (χ0n) is 19.9. The first-order valence-electron chi connectivity index (χ1n) is 12.0. The van der Waals surface area contributed by atoms with Gasteiger partial charge in [0, 0.05) is 34.3 Å². The minimum absolute atomic E-state index is 0.0531. The molecule has 3 aliphatic heterocycles. The number of halogens is 2. The number of allylic oxidation sites excluding steroid dienone is 1. The number of aliphatic carboxylic acids is 1. The number of rotatable bonds is 8. The summed E-state index contributed by atoms with van der Waals surface area (Å²) in [6.07, 6.45) is 4.51. The molecular formula is C25H25Cl2N3O5S2. The molecule has 3 heterocycles. The molecule has 3 amide bonds. The number of hydrogen-bond donors (Lipinski definition) is 2. The van der Waals surface area contributed by atoms with Crippen molar-refractivity contribution in [1.82, 2.24) is 15.1 Å². The zero-order valence-corrected chi connectivity index (χ0v) is 23.1. The quantitative estimate of drug-likeness (QED) is 0.273. The van der Waals surface area contributed by atoms with E-state index < -0.39 is 28.5 Å². The fourth-order valence-electron chi connectivity index (χ4n) is 4.63. The first-order chi connectivity index (χ1) is 17.6. The number of fused-ring (bicyclic) bond motifs is 1. The highest BCUT2D eigenvalue weighted by molar-refractivity contribution is 8.00. The standard InChI is InChI=1S/C25H25Cl2N3O5S2/c1-12(37-18-9-16(26)4-5-17(18)27)21(31)28-19-23(33)30-20(25(34)35)15(11-36-24(19)30)8-14-6-7-29(22(14)32)10-13-2-3-13/h4-5,8-9,12-13,19,24H,2-3,6-7,10-11H2,1H3,(H,28,31)(H,34,35)/b14-8+. The van der Waals surface area contributed by atoms with Crippen molar-refractivity contribution in [2.75, 3.05) is 18.8 Å². The fourth-order valence-corrected chi connectivity index (χ4v) is 7.36. The molecule has 1 aromatic rings. The van der Waals surface area contributed by atoms with Crippen LogP contribution in [0.25, 0.3) is 0 Å². The Hall–Kier alpha value is -2.14. The molecule has 0 radical (unpaired) electrons. The molecule has 8 nitrogen and oxygen atoms in total. The monoisotopic (exact) mass is 581 g/mol. The van der Waals surface area contributed by atoms with Crippen LogP contribution in [0.2, 0.25) is 10.0 Å². The van der Waals surface area contributed by atoms with Gasteiger partial charge in [-0.2, -0.15) is 0 Å². The molecule has 0 spiro atoms. The smallest absolute Gasteiger partial charge is 0.352 e. The third-order valence-electron chi connectivity index (χ3n) is 6.80. The van der Waals surface area contributed by atoms with Crippen molar-refractivity contribution in [3.63, 3.8) is 0 Å². The summed E-state index contributed by atoms with van der Waals surface area (Å²) in [7, 11) is 0. The van der Waals surface area contributed by atoms with Crippen molar-refractivity contribution in [3.8, 4) is 0 Å². The lowest BCUT2D eigenvalue weighted by molar-refractivity contribution is -0.150. The number of nitrogens with one attached hydrogen (secondary N) is 1. The van der Waals surface area contributed by atoms with Crippen LogP contribution in [0.4, 0.5) is 0 Å². The van der Waals surface area contributed by atoms with Crippen LogP contribution in [0.3, 0.4) is 0 Å². The van der Waals surface area contributed by atoms with E-state index in [9.17, 15) is 24.3 Å². The number of carbonyl (C=O) groups excluding carboxylic acids is 3. The lowest BCUT2D eigenvalue weighted by atomic mass is 10.0. The SMILES string of the molecule is CC(Sc1cc(Cl)ccc1Cl)C(=O)NC1C(=O)N2C(C(=O)O)=C(/C=C3\CCN(CC4CC4)C3=O)CSC12. The summed E-state index contributed by atoms with van der Waals surface area (Å²) < 4.78 is 0. The van der Waals surface area contributed by atoms with Gasteiger partial charge in [-0.1, -0.05) is 23.2 Å². The van der Waals surface area contributed by atoms with Gasteiger partial charge in [-0.05, 0) is 62.0 Å². The summed E-state index contributed by atoms with van der Waals surface area (Å²) in [5, 5.41) is 12.6. The van der Waals surface area contributed by atoms with Crippen molar-refractivity contribution in [1.29, 1.82) is 0 Å². The number of benzene rings is 1. The summed E-state index contributed by atoms with van der Waals surface area (Å²) in [5.74, 6) is -1.22. The van der Waals surface area contributed by atoms with Crippen LogP contribution in [0, 0.1) is 5.92 Å². The first kappa shape index (κ1) is 26.5. The molecule has 196 valence electrons. The maximum atomic E-state index is 13.0. The highest BCUT2D eigenvalue weighted by Gasteiger charge is 2.54. The van der Waals surface area contributed by atoms with E-state index in [2.05, 4.69) is 5.32 Å². The summed E-state index contributed by atoms with van der Waals surface area (Å²) >= 11 is 14.8. The van der Waals surface area contributed by atoms with E-state index in [0.29, 0.717) is 50.7 Å². The van der Waals surface area contributed by atoms with Gasteiger partial charge in [0.2, 0.25) is 11.8 Å². The maximum Gasteiger partial charge on any atom is 0.352 e. The van der Waals surface area contributed by atoms with Gasteiger partial charge in [0.1, 0.15) is 17.1 Å². The highest BCUT2D eigenvalue weighted by atomic mass is 35.5. The third-order valence-corrected chi connectivity index (χ3v) is 9.94. The van der Waals surface area contributed by atoms with E-state index in [4.69, 9.17) is 23.2 Å². The van der Waals surface area contributed by atoms with Crippen molar-refractivity contribution < 1.29 is 24.3 Å². The Morgan fingerprint density at radius 1 is 1.30 bits per heavy atom. The zero-order chi connectivity index (χ0) is 26.4. The molecule has 3 fully saturated rings. The van der Waals surface area contributed by atoms with E-state index in [-0.39, 0.29) is 17.5 Å². The van der Waals surface area contributed by atoms with E-state index in [1.807, 2.05) is 4.90 Å². The van der Waals surface area contributed by atoms with Crippen LogP contribution >= 0.6 is 46.7 Å². The van der Waals surface area contributed by atoms with Crippen LogP contribution in [0.5, 0.6) is 0 Å². The van der Waals surface area contributed by atoms with Gasteiger partial charge in [0.05, 0.1) is 10.3 Å². The molecule has 1 aromatic carbocycles. The van der Waals surface area contributed by atoms with Gasteiger partial charge >= 0.3 is 5.97 Å².